The highest BCUT2D eigenvalue weighted by Crippen LogP contribution is 2.30. The van der Waals surface area contributed by atoms with E-state index in [0.717, 1.165) is 12.0 Å². The highest BCUT2D eigenvalue weighted by Gasteiger charge is 2.14. The van der Waals surface area contributed by atoms with E-state index in [1.807, 2.05) is 18.2 Å². The molecule has 1 atom stereocenters. The lowest BCUT2D eigenvalue weighted by atomic mass is 9.87. The predicted octanol–water partition coefficient (Wildman–Crippen LogP) is 6.08. The molecule has 118 valence electrons. The summed E-state index contributed by atoms with van der Waals surface area (Å²) in [5.74, 6) is 0.922. The third-order valence-corrected chi connectivity index (χ3v) is 4.39. The molecule has 0 heterocycles. The summed E-state index contributed by atoms with van der Waals surface area (Å²) in [5.41, 5.74) is 2.45. The van der Waals surface area contributed by atoms with Gasteiger partial charge in [-0.3, -0.25) is 0 Å². The van der Waals surface area contributed by atoms with Gasteiger partial charge in [0.1, 0.15) is 5.75 Å². The van der Waals surface area contributed by atoms with Crippen molar-refractivity contribution in [2.45, 2.75) is 57.8 Å². The normalized spacial score (nSPS) is 12.2. The first-order valence-electron chi connectivity index (χ1n) is 8.63. The van der Waals surface area contributed by atoms with Gasteiger partial charge in [0.05, 0.1) is 0 Å². The Morgan fingerprint density at radius 2 is 1.50 bits per heavy atom. The van der Waals surface area contributed by atoms with Gasteiger partial charge in [-0.1, -0.05) is 87.6 Å². The van der Waals surface area contributed by atoms with Gasteiger partial charge >= 0.3 is 0 Å². The van der Waals surface area contributed by atoms with Gasteiger partial charge in [0.15, 0.2) is 0 Å². The number of aromatic hydroxyl groups is 1. The van der Waals surface area contributed by atoms with Gasteiger partial charge < -0.3 is 5.11 Å². The molecule has 2 aromatic rings. The summed E-state index contributed by atoms with van der Waals surface area (Å²) in [6.45, 7) is 2.25. The van der Waals surface area contributed by atoms with Crippen molar-refractivity contribution < 1.29 is 5.11 Å². The van der Waals surface area contributed by atoms with Crippen molar-refractivity contribution in [1.82, 2.24) is 0 Å². The van der Waals surface area contributed by atoms with Crippen molar-refractivity contribution in [2.24, 2.45) is 0 Å². The summed E-state index contributed by atoms with van der Waals surface area (Å²) < 4.78 is 0. The van der Waals surface area contributed by atoms with Crippen molar-refractivity contribution in [3.05, 3.63) is 65.7 Å². The van der Waals surface area contributed by atoms with Gasteiger partial charge in [-0.2, -0.15) is 0 Å². The lowest BCUT2D eigenvalue weighted by molar-refractivity contribution is 0.461. The van der Waals surface area contributed by atoms with Crippen LogP contribution in [0.25, 0.3) is 0 Å². The third-order valence-electron chi connectivity index (χ3n) is 4.39. The number of para-hydroxylation sites is 1. The molecule has 1 unspecified atom stereocenters. The van der Waals surface area contributed by atoms with Gasteiger partial charge in [-0.15, -0.1) is 0 Å². The molecule has 0 aromatic heterocycles. The van der Waals surface area contributed by atoms with E-state index >= 15 is 0 Å². The van der Waals surface area contributed by atoms with Gasteiger partial charge in [0.25, 0.3) is 0 Å². The van der Waals surface area contributed by atoms with Gasteiger partial charge in [-0.25, -0.2) is 0 Å². The standard InChI is InChI=1S/C21H28O/c1-2-3-4-5-7-14-19(18-12-8-6-9-13-18)17-20-15-10-11-16-21(20)22/h6,8-13,15-16,19,22H,2-5,7,14,17H2,1H3. The van der Waals surface area contributed by atoms with Crippen LogP contribution in [0.3, 0.4) is 0 Å². The summed E-state index contributed by atoms with van der Waals surface area (Å²) in [5, 5.41) is 10.0. The first-order valence-corrected chi connectivity index (χ1v) is 8.63. The van der Waals surface area contributed by atoms with Gasteiger partial charge in [0.2, 0.25) is 0 Å². The number of unbranched alkanes of at least 4 members (excludes halogenated alkanes) is 4. The van der Waals surface area contributed by atoms with E-state index in [1.54, 1.807) is 6.07 Å². The fourth-order valence-corrected chi connectivity index (χ4v) is 3.05. The summed E-state index contributed by atoms with van der Waals surface area (Å²) in [6, 6.07) is 18.5. The van der Waals surface area contributed by atoms with Crippen LogP contribution in [-0.2, 0) is 6.42 Å². The Bertz CT molecular complexity index is 533. The first kappa shape index (κ1) is 16.6. The Kier molecular flexibility index (Phi) is 7.02. The van der Waals surface area contributed by atoms with Crippen molar-refractivity contribution in [3.63, 3.8) is 0 Å². The molecule has 0 saturated carbocycles. The minimum absolute atomic E-state index is 0.425. The molecule has 22 heavy (non-hydrogen) atoms. The maximum Gasteiger partial charge on any atom is 0.118 e. The average molecular weight is 296 g/mol. The monoisotopic (exact) mass is 296 g/mol. The van der Waals surface area contributed by atoms with Crippen LogP contribution in [0.4, 0.5) is 0 Å². The molecular weight excluding hydrogens is 268 g/mol. The molecule has 1 N–H and O–H groups in total. The Labute approximate surface area is 135 Å². The highest BCUT2D eigenvalue weighted by atomic mass is 16.3. The summed E-state index contributed by atoms with van der Waals surface area (Å²) in [7, 11) is 0. The molecule has 0 aliphatic rings. The molecule has 2 aromatic carbocycles. The Morgan fingerprint density at radius 1 is 0.818 bits per heavy atom. The molecule has 0 bridgehead atoms. The molecule has 0 aliphatic carbocycles. The van der Waals surface area contributed by atoms with Crippen molar-refractivity contribution in [1.29, 1.82) is 0 Å². The molecule has 0 spiro atoms. The number of phenolic OH excluding ortho intramolecular Hbond substituents is 1. The van der Waals surface area contributed by atoms with Crippen LogP contribution in [0.15, 0.2) is 54.6 Å². The van der Waals surface area contributed by atoms with Crippen LogP contribution in [0.1, 0.15) is 62.5 Å². The fourth-order valence-electron chi connectivity index (χ4n) is 3.05. The number of hydrogen-bond donors (Lipinski definition) is 1. The number of phenols is 1. The van der Waals surface area contributed by atoms with E-state index in [4.69, 9.17) is 0 Å². The maximum absolute atomic E-state index is 10.0. The van der Waals surface area contributed by atoms with E-state index in [0.29, 0.717) is 11.7 Å². The van der Waals surface area contributed by atoms with Crippen LogP contribution < -0.4 is 0 Å². The van der Waals surface area contributed by atoms with Crippen molar-refractivity contribution in [3.8, 4) is 5.75 Å². The molecule has 2 rings (SSSR count). The number of hydrogen-bond acceptors (Lipinski definition) is 1. The average Bonchev–Trinajstić information content (AvgIpc) is 2.56. The Balaban J connectivity index is 2.01. The van der Waals surface area contributed by atoms with Crippen LogP contribution in [0.5, 0.6) is 5.75 Å². The van der Waals surface area contributed by atoms with Crippen molar-refractivity contribution >= 4 is 0 Å². The topological polar surface area (TPSA) is 20.2 Å². The zero-order chi connectivity index (χ0) is 15.6. The Hall–Kier alpha value is -1.76. The largest absolute Gasteiger partial charge is 0.508 e. The minimum Gasteiger partial charge on any atom is -0.508 e. The minimum atomic E-state index is 0.425. The molecule has 0 amide bonds. The fraction of sp³-hybridized carbons (Fsp3) is 0.429. The zero-order valence-electron chi connectivity index (χ0n) is 13.7. The van der Waals surface area contributed by atoms with Crippen LogP contribution in [0.2, 0.25) is 0 Å². The van der Waals surface area contributed by atoms with E-state index in [1.165, 1.54) is 44.1 Å². The molecule has 0 saturated heterocycles. The molecule has 1 nitrogen and oxygen atoms in total. The number of rotatable bonds is 9. The van der Waals surface area contributed by atoms with Crippen LogP contribution in [-0.4, -0.2) is 5.11 Å². The summed E-state index contributed by atoms with van der Waals surface area (Å²) in [4.78, 5) is 0. The van der Waals surface area contributed by atoms with Crippen LogP contribution in [0, 0.1) is 0 Å². The molecule has 0 aliphatic heterocycles. The van der Waals surface area contributed by atoms with Gasteiger partial charge in [0, 0.05) is 0 Å². The second-order valence-electron chi connectivity index (χ2n) is 6.14. The van der Waals surface area contributed by atoms with Gasteiger partial charge in [-0.05, 0) is 36.0 Å². The van der Waals surface area contributed by atoms with E-state index in [2.05, 4.69) is 37.3 Å². The highest BCUT2D eigenvalue weighted by molar-refractivity contribution is 5.34. The Morgan fingerprint density at radius 3 is 2.23 bits per heavy atom. The molecule has 0 fully saturated rings. The second kappa shape index (κ2) is 9.30. The maximum atomic E-state index is 10.0. The zero-order valence-corrected chi connectivity index (χ0v) is 13.7. The lowest BCUT2D eigenvalue weighted by Crippen LogP contribution is -2.03. The SMILES string of the molecule is CCCCCCCC(Cc1ccccc1O)c1ccccc1. The van der Waals surface area contributed by atoms with E-state index in [9.17, 15) is 5.11 Å². The molecular formula is C21H28O. The van der Waals surface area contributed by atoms with E-state index < -0.39 is 0 Å². The smallest absolute Gasteiger partial charge is 0.118 e. The van der Waals surface area contributed by atoms with Crippen LogP contribution >= 0.6 is 0 Å². The first-order chi connectivity index (χ1) is 10.8. The summed E-state index contributed by atoms with van der Waals surface area (Å²) in [6.07, 6.45) is 8.68. The molecule has 1 heteroatoms. The predicted molar refractivity (Wildman–Crippen MR) is 94.4 cm³/mol. The quantitative estimate of drug-likeness (QED) is 0.556. The second-order valence-corrected chi connectivity index (χ2v) is 6.14. The third kappa shape index (κ3) is 5.22. The summed E-state index contributed by atoms with van der Waals surface area (Å²) >= 11 is 0. The van der Waals surface area contributed by atoms with Crippen molar-refractivity contribution in [2.75, 3.05) is 0 Å². The number of benzene rings is 2. The molecule has 0 radical (unpaired) electrons. The lowest BCUT2D eigenvalue weighted by Gasteiger charge is -2.18. The van der Waals surface area contributed by atoms with E-state index in [-0.39, 0.29) is 0 Å².